The largest absolute Gasteiger partial charge is 0.358 e. The van der Waals surface area contributed by atoms with Crippen LogP contribution in [0.4, 0.5) is 13.2 Å². The number of hydrogen-bond acceptors (Lipinski definition) is 3. The molecule has 2 aliphatic heterocycles. The number of nitrogens with zero attached hydrogens (tertiary/aromatic N) is 5. The Hall–Kier alpha value is -3.11. The van der Waals surface area contributed by atoms with Gasteiger partial charge in [0.15, 0.2) is 5.84 Å². The van der Waals surface area contributed by atoms with Crippen molar-refractivity contribution in [2.45, 2.75) is 50.5 Å². The average Bonchev–Trinajstić information content (AvgIpc) is 3.47. The topological polar surface area (TPSA) is 93.4 Å². The minimum Gasteiger partial charge on any atom is -0.358 e. The number of carbonyl (C=O) groups excluding carboxylic acids is 1. The second kappa shape index (κ2) is 8.10. The van der Waals surface area contributed by atoms with Crippen LogP contribution in [0, 0.1) is 11.3 Å². The first-order valence-corrected chi connectivity index (χ1v) is 10.7. The Morgan fingerprint density at radius 3 is 2.56 bits per heavy atom. The highest BCUT2D eigenvalue weighted by atomic mass is 19.3. The fourth-order valence-electron chi connectivity index (χ4n) is 5.06. The monoisotopic (exact) mass is 447 g/mol. The van der Waals surface area contributed by atoms with Crippen LogP contribution in [0.1, 0.15) is 37.9 Å². The first-order chi connectivity index (χ1) is 15.4. The lowest BCUT2D eigenvalue weighted by molar-refractivity contribution is -0.145. The van der Waals surface area contributed by atoms with Gasteiger partial charge in [0, 0.05) is 54.6 Å². The second-order valence-corrected chi connectivity index (χ2v) is 8.67. The number of amides is 1. The molecule has 1 aliphatic carbocycles. The Balaban J connectivity index is 1.33. The van der Waals surface area contributed by atoms with Crippen LogP contribution >= 0.6 is 0 Å². The molecular formula is C21H24F3N7O. The van der Waals surface area contributed by atoms with E-state index < -0.39 is 12.7 Å². The van der Waals surface area contributed by atoms with Gasteiger partial charge in [0.1, 0.15) is 12.5 Å². The summed E-state index contributed by atoms with van der Waals surface area (Å²) in [6, 6.07) is 1.87. The number of aromatic nitrogens is 3. The van der Waals surface area contributed by atoms with Gasteiger partial charge in [-0.2, -0.15) is 13.9 Å². The van der Waals surface area contributed by atoms with Crippen LogP contribution in [0.5, 0.6) is 0 Å². The van der Waals surface area contributed by atoms with Crippen LogP contribution in [0.2, 0.25) is 0 Å². The summed E-state index contributed by atoms with van der Waals surface area (Å²) in [6.07, 6.45) is 6.89. The second-order valence-electron chi connectivity index (χ2n) is 8.67. The van der Waals surface area contributed by atoms with E-state index in [-0.39, 0.29) is 23.9 Å². The Morgan fingerprint density at radius 2 is 1.97 bits per heavy atom. The van der Waals surface area contributed by atoms with E-state index in [0.29, 0.717) is 53.3 Å². The summed E-state index contributed by atoms with van der Waals surface area (Å²) in [5.74, 6) is 0.438. The van der Waals surface area contributed by atoms with Crippen molar-refractivity contribution < 1.29 is 18.0 Å². The fourth-order valence-corrected chi connectivity index (χ4v) is 5.06. The third kappa shape index (κ3) is 3.59. The van der Waals surface area contributed by atoms with Gasteiger partial charge in [-0.25, -0.2) is 14.1 Å². The zero-order valence-corrected chi connectivity index (χ0v) is 17.3. The van der Waals surface area contributed by atoms with Crippen LogP contribution in [0.3, 0.4) is 0 Å². The third-order valence-corrected chi connectivity index (χ3v) is 6.71. The van der Waals surface area contributed by atoms with Crippen LogP contribution in [0.15, 0.2) is 29.6 Å². The summed E-state index contributed by atoms with van der Waals surface area (Å²) in [5, 5.41) is 11.2. The molecule has 11 heteroatoms. The van der Waals surface area contributed by atoms with Gasteiger partial charge < -0.3 is 14.8 Å². The molecule has 5 rings (SSSR count). The maximum absolute atomic E-state index is 13.2. The molecule has 1 saturated carbocycles. The number of fused-ring (bicyclic) bond motifs is 2. The van der Waals surface area contributed by atoms with E-state index in [0.717, 1.165) is 19.2 Å². The van der Waals surface area contributed by atoms with Crippen molar-refractivity contribution in [3.63, 3.8) is 0 Å². The lowest BCUT2D eigenvalue weighted by Crippen LogP contribution is -2.59. The van der Waals surface area contributed by atoms with Gasteiger partial charge in [-0.15, -0.1) is 0 Å². The number of alkyl halides is 3. The molecule has 8 nitrogen and oxygen atoms in total. The number of rotatable bonds is 5. The van der Waals surface area contributed by atoms with E-state index in [1.165, 1.54) is 12.4 Å². The third-order valence-electron chi connectivity index (χ3n) is 6.71. The molecule has 2 aromatic heterocycles. The van der Waals surface area contributed by atoms with E-state index in [1.807, 2.05) is 4.90 Å². The number of halogens is 3. The van der Waals surface area contributed by atoms with Gasteiger partial charge in [-0.1, -0.05) is 0 Å². The number of amidine groups is 1. The number of nitrogens with one attached hydrogen (secondary N) is 2. The number of aliphatic imine (C=N–C) groups is 1. The molecule has 3 aliphatic rings. The predicted molar refractivity (Wildman–Crippen MR) is 111 cm³/mol. The molecular weight excluding hydrogens is 423 g/mol. The Labute approximate surface area is 182 Å². The van der Waals surface area contributed by atoms with Gasteiger partial charge in [-0.3, -0.25) is 10.2 Å². The minimum atomic E-state index is -2.71. The van der Waals surface area contributed by atoms with Crippen molar-refractivity contribution in [1.82, 2.24) is 24.6 Å². The van der Waals surface area contributed by atoms with Crippen molar-refractivity contribution in [2.24, 2.45) is 10.9 Å². The molecule has 2 unspecified atom stereocenters. The normalized spacial score (nSPS) is 27.7. The molecule has 2 N–H and O–H groups in total. The van der Waals surface area contributed by atoms with Gasteiger partial charge in [0.05, 0.1) is 11.9 Å². The summed E-state index contributed by atoms with van der Waals surface area (Å²) < 4.78 is 39.5. The van der Waals surface area contributed by atoms with Crippen LogP contribution in [0.25, 0.3) is 11.1 Å². The number of H-pyrrole nitrogens is 1. The van der Waals surface area contributed by atoms with E-state index in [4.69, 9.17) is 5.41 Å². The summed E-state index contributed by atoms with van der Waals surface area (Å²) >= 11 is 0. The van der Waals surface area contributed by atoms with E-state index in [9.17, 15) is 18.0 Å². The summed E-state index contributed by atoms with van der Waals surface area (Å²) in [6.45, 7) is -1.54. The maximum atomic E-state index is 13.2. The van der Waals surface area contributed by atoms with Crippen LogP contribution in [-0.2, 0) is 4.79 Å². The number of piperazine rings is 1. The molecule has 3 fully saturated rings. The smallest absolute Gasteiger partial charge is 0.333 e. The standard InChI is InChI=1S/C21H24F3N7O/c22-15-3-12(4-15)20(32)31-16-1-2-17(31)10-29(9-16)19(27-11-25)18-5-13(6-26-18)14-7-28-30(8-14)21(23)24/h5-8,11-12,15-17,21,25-26H,1-4,9-10H2/b25-11?,27-19+. The highest BCUT2D eigenvalue weighted by Gasteiger charge is 2.47. The lowest BCUT2D eigenvalue weighted by Gasteiger charge is -2.44. The van der Waals surface area contributed by atoms with Crippen molar-refractivity contribution in [3.8, 4) is 11.1 Å². The van der Waals surface area contributed by atoms with E-state index >= 15 is 0 Å². The van der Waals surface area contributed by atoms with Crippen molar-refractivity contribution >= 4 is 18.1 Å². The first kappa shape index (κ1) is 20.8. The predicted octanol–water partition coefficient (Wildman–Crippen LogP) is 3.05. The highest BCUT2D eigenvalue weighted by molar-refractivity contribution is 6.02. The van der Waals surface area contributed by atoms with Crippen molar-refractivity contribution in [2.75, 3.05) is 13.1 Å². The van der Waals surface area contributed by atoms with Crippen molar-refractivity contribution in [3.05, 3.63) is 30.4 Å². The molecule has 0 aromatic carbocycles. The summed E-state index contributed by atoms with van der Waals surface area (Å²) in [4.78, 5) is 24.3. The average molecular weight is 447 g/mol. The lowest BCUT2D eigenvalue weighted by atomic mass is 9.82. The molecule has 170 valence electrons. The van der Waals surface area contributed by atoms with Crippen molar-refractivity contribution in [1.29, 1.82) is 5.41 Å². The molecule has 2 atom stereocenters. The molecule has 0 radical (unpaired) electrons. The molecule has 1 amide bonds. The molecule has 4 heterocycles. The number of likely N-dealkylation sites (tertiary alicyclic amines) is 1. The number of carbonyl (C=O) groups is 1. The van der Waals surface area contributed by atoms with Crippen LogP contribution < -0.4 is 0 Å². The number of aromatic amines is 1. The molecule has 32 heavy (non-hydrogen) atoms. The first-order valence-electron chi connectivity index (χ1n) is 10.7. The SMILES string of the molecule is N=C/N=C(\c1cc(-c2cnn(C(F)F)c2)c[nH]1)N1CC2CCC(C1)N2C(=O)C1CC(F)C1. The minimum absolute atomic E-state index is 0.0366. The number of hydrogen-bond donors (Lipinski definition) is 2. The molecule has 2 aromatic rings. The van der Waals surface area contributed by atoms with Gasteiger partial charge in [-0.05, 0) is 31.7 Å². The quantitative estimate of drug-likeness (QED) is 0.545. The Morgan fingerprint density at radius 1 is 1.25 bits per heavy atom. The fraction of sp³-hybridized carbons (Fsp3) is 0.524. The van der Waals surface area contributed by atoms with Gasteiger partial charge in [0.2, 0.25) is 5.91 Å². The zero-order valence-electron chi connectivity index (χ0n) is 17.3. The summed E-state index contributed by atoms with van der Waals surface area (Å²) in [5.41, 5.74) is 1.89. The summed E-state index contributed by atoms with van der Waals surface area (Å²) in [7, 11) is 0. The molecule has 2 saturated heterocycles. The zero-order chi connectivity index (χ0) is 22.4. The Bertz CT molecular complexity index is 1030. The highest BCUT2D eigenvalue weighted by Crippen LogP contribution is 2.38. The van der Waals surface area contributed by atoms with E-state index in [1.54, 1.807) is 12.3 Å². The van der Waals surface area contributed by atoms with Crippen LogP contribution in [-0.4, -0.2) is 74.0 Å². The van der Waals surface area contributed by atoms with Gasteiger partial charge in [0.25, 0.3) is 0 Å². The molecule has 0 spiro atoms. The van der Waals surface area contributed by atoms with Gasteiger partial charge >= 0.3 is 6.55 Å². The Kier molecular flexibility index (Phi) is 5.26. The molecule has 2 bridgehead atoms. The maximum Gasteiger partial charge on any atom is 0.333 e. The van der Waals surface area contributed by atoms with E-state index in [2.05, 4.69) is 20.0 Å².